The van der Waals surface area contributed by atoms with E-state index in [4.69, 9.17) is 16.7 Å². The largest absolute Gasteiger partial charge is 0.396 e. The van der Waals surface area contributed by atoms with Gasteiger partial charge in [-0.2, -0.15) is 0 Å². The Bertz CT molecular complexity index is 891. The van der Waals surface area contributed by atoms with E-state index in [0.29, 0.717) is 22.4 Å². The summed E-state index contributed by atoms with van der Waals surface area (Å²) in [5.74, 6) is 2.53. The van der Waals surface area contributed by atoms with Crippen LogP contribution >= 0.6 is 11.6 Å². The smallest absolute Gasteiger partial charge is 0.253 e. The van der Waals surface area contributed by atoms with E-state index >= 15 is 0 Å². The van der Waals surface area contributed by atoms with Crippen molar-refractivity contribution in [1.29, 1.82) is 0 Å². The molecule has 0 saturated heterocycles. The fourth-order valence-electron chi connectivity index (χ4n) is 6.57. The molecular weight excluding hydrogens is 372 g/mol. The van der Waals surface area contributed by atoms with Crippen LogP contribution in [-0.4, -0.2) is 29.1 Å². The lowest BCUT2D eigenvalue weighted by atomic mass is 9.49. The van der Waals surface area contributed by atoms with Crippen molar-refractivity contribution in [3.8, 4) is 0 Å². The summed E-state index contributed by atoms with van der Waals surface area (Å²) < 4.78 is 0. The van der Waals surface area contributed by atoms with Crippen molar-refractivity contribution in [1.82, 2.24) is 10.3 Å². The minimum atomic E-state index is -0.0944. The van der Waals surface area contributed by atoms with Gasteiger partial charge < -0.3 is 10.4 Å². The monoisotopic (exact) mass is 398 g/mol. The molecule has 4 bridgehead atoms. The van der Waals surface area contributed by atoms with Crippen LogP contribution in [0.3, 0.4) is 0 Å². The Balaban J connectivity index is 1.38. The molecule has 1 amide bonds. The van der Waals surface area contributed by atoms with Gasteiger partial charge in [0.05, 0.1) is 16.1 Å². The van der Waals surface area contributed by atoms with Crippen LogP contribution in [-0.2, 0) is 6.42 Å². The second kappa shape index (κ2) is 7.00. The average molecular weight is 399 g/mol. The lowest BCUT2D eigenvalue weighted by molar-refractivity contribution is -0.0503. The zero-order valence-electron chi connectivity index (χ0n) is 16.1. The first-order valence-electron chi connectivity index (χ1n) is 10.5. The topological polar surface area (TPSA) is 62.2 Å². The summed E-state index contributed by atoms with van der Waals surface area (Å²) in [5.41, 5.74) is 2.38. The van der Waals surface area contributed by atoms with Crippen LogP contribution < -0.4 is 5.32 Å². The van der Waals surface area contributed by atoms with Gasteiger partial charge in [-0.1, -0.05) is 17.7 Å². The number of aliphatic hydroxyl groups is 1. The summed E-state index contributed by atoms with van der Waals surface area (Å²) in [5, 5.41) is 13.6. The zero-order chi connectivity index (χ0) is 19.3. The van der Waals surface area contributed by atoms with Crippen molar-refractivity contribution < 1.29 is 9.90 Å². The fraction of sp³-hybridized carbons (Fsp3) is 0.565. The lowest BCUT2D eigenvalue weighted by Crippen LogP contribution is -2.51. The molecule has 5 heteroatoms. The highest BCUT2D eigenvalue weighted by molar-refractivity contribution is 6.35. The van der Waals surface area contributed by atoms with Gasteiger partial charge in [-0.25, -0.2) is 0 Å². The predicted molar refractivity (Wildman–Crippen MR) is 110 cm³/mol. The first-order valence-corrected chi connectivity index (χ1v) is 10.9. The number of carbonyl (C=O) groups excluding carboxylic acids is 1. The summed E-state index contributed by atoms with van der Waals surface area (Å²) in [6.45, 7) is 0.822. The molecule has 1 aromatic carbocycles. The maximum atomic E-state index is 13.1. The highest BCUT2D eigenvalue weighted by Crippen LogP contribution is 2.59. The number of rotatable bonds is 5. The maximum absolute atomic E-state index is 13.1. The van der Waals surface area contributed by atoms with Gasteiger partial charge in [0, 0.05) is 30.7 Å². The number of nitrogens with zero attached hydrogens (tertiary/aromatic N) is 1. The first kappa shape index (κ1) is 18.4. The maximum Gasteiger partial charge on any atom is 0.253 e. The number of hydrogen-bond acceptors (Lipinski definition) is 3. The van der Waals surface area contributed by atoms with Crippen molar-refractivity contribution in [2.45, 2.75) is 44.9 Å². The van der Waals surface area contributed by atoms with E-state index in [9.17, 15) is 4.79 Å². The number of benzene rings is 1. The molecule has 2 aromatic rings. The summed E-state index contributed by atoms with van der Waals surface area (Å²) >= 11 is 6.43. The van der Waals surface area contributed by atoms with Crippen molar-refractivity contribution in [2.75, 3.05) is 13.2 Å². The van der Waals surface area contributed by atoms with E-state index in [1.54, 1.807) is 6.07 Å². The van der Waals surface area contributed by atoms with Crippen LogP contribution in [0, 0.1) is 23.2 Å². The number of aromatic nitrogens is 1. The summed E-state index contributed by atoms with van der Waals surface area (Å²) in [7, 11) is 0. The van der Waals surface area contributed by atoms with E-state index in [2.05, 4.69) is 10.3 Å². The Morgan fingerprint density at radius 1 is 1.11 bits per heavy atom. The highest BCUT2D eigenvalue weighted by Gasteiger charge is 2.50. The van der Waals surface area contributed by atoms with Gasteiger partial charge in [-0.3, -0.25) is 9.78 Å². The minimum Gasteiger partial charge on any atom is -0.396 e. The highest BCUT2D eigenvalue weighted by atomic mass is 35.5. The van der Waals surface area contributed by atoms with Gasteiger partial charge in [0.15, 0.2) is 0 Å². The zero-order valence-corrected chi connectivity index (χ0v) is 16.8. The van der Waals surface area contributed by atoms with E-state index < -0.39 is 0 Å². The molecule has 4 nitrogen and oxygen atoms in total. The summed E-state index contributed by atoms with van der Waals surface area (Å²) in [6, 6.07) is 7.36. The Kier molecular flexibility index (Phi) is 4.59. The predicted octanol–water partition coefficient (Wildman–Crippen LogP) is 4.37. The second-order valence-electron chi connectivity index (χ2n) is 9.37. The Morgan fingerprint density at radius 2 is 1.79 bits per heavy atom. The van der Waals surface area contributed by atoms with Gasteiger partial charge in [0.1, 0.15) is 0 Å². The number of carbonyl (C=O) groups is 1. The van der Waals surface area contributed by atoms with Crippen LogP contribution in [0.5, 0.6) is 0 Å². The molecule has 1 heterocycles. The number of amides is 1. The number of aliphatic hydroxyl groups excluding tert-OH is 1. The van der Waals surface area contributed by atoms with Crippen LogP contribution in [0.4, 0.5) is 0 Å². The Hall–Kier alpha value is -1.65. The van der Waals surface area contributed by atoms with Crippen molar-refractivity contribution >= 4 is 28.4 Å². The molecular formula is C23H27ClN2O2. The number of halogens is 1. The standard InChI is InChI=1S/C23H27ClN2O2/c24-19-3-4-20-18(2-1-17(26-20)5-6-27)21(19)22(28)25-13-23-10-14-7-15(11-23)9-16(8-14)12-23/h1-4,14-16,27H,5-13H2,(H,25,28). The third kappa shape index (κ3) is 3.21. The Labute approximate surface area is 170 Å². The normalized spacial score (nSPS) is 30.7. The van der Waals surface area contributed by atoms with Crippen LogP contribution in [0.1, 0.15) is 54.6 Å². The molecule has 4 fully saturated rings. The molecule has 0 unspecified atom stereocenters. The van der Waals surface area contributed by atoms with E-state index in [1.807, 2.05) is 18.2 Å². The van der Waals surface area contributed by atoms with Crippen molar-refractivity contribution in [2.24, 2.45) is 23.2 Å². The number of hydrogen-bond donors (Lipinski definition) is 2. The Morgan fingerprint density at radius 3 is 2.43 bits per heavy atom. The molecule has 0 aliphatic heterocycles. The molecule has 4 aliphatic carbocycles. The second-order valence-corrected chi connectivity index (χ2v) is 9.77. The van der Waals surface area contributed by atoms with Gasteiger partial charge in [0.25, 0.3) is 5.91 Å². The average Bonchev–Trinajstić information content (AvgIpc) is 2.65. The number of pyridine rings is 1. The molecule has 0 radical (unpaired) electrons. The molecule has 148 valence electrons. The molecule has 6 rings (SSSR count). The molecule has 2 N–H and O–H groups in total. The molecule has 0 atom stereocenters. The fourth-order valence-corrected chi connectivity index (χ4v) is 6.82. The van der Waals surface area contributed by atoms with Crippen LogP contribution in [0.15, 0.2) is 24.3 Å². The van der Waals surface area contributed by atoms with Gasteiger partial charge in [-0.15, -0.1) is 0 Å². The van der Waals surface area contributed by atoms with E-state index in [-0.39, 0.29) is 12.5 Å². The number of nitrogens with one attached hydrogen (secondary N) is 1. The van der Waals surface area contributed by atoms with Crippen LogP contribution in [0.2, 0.25) is 5.02 Å². The minimum absolute atomic E-state index is 0.0600. The van der Waals surface area contributed by atoms with Crippen molar-refractivity contribution in [3.63, 3.8) is 0 Å². The third-order valence-corrected chi connectivity index (χ3v) is 7.58. The third-order valence-electron chi connectivity index (χ3n) is 7.26. The van der Waals surface area contributed by atoms with Crippen molar-refractivity contribution in [3.05, 3.63) is 40.5 Å². The number of fused-ring (bicyclic) bond motifs is 1. The van der Waals surface area contributed by atoms with Gasteiger partial charge in [-0.05, 0) is 79.9 Å². The molecule has 4 saturated carbocycles. The van der Waals surface area contributed by atoms with Gasteiger partial charge in [0.2, 0.25) is 0 Å². The molecule has 4 aliphatic rings. The lowest BCUT2D eigenvalue weighted by Gasteiger charge is -2.56. The van der Waals surface area contributed by atoms with Crippen LogP contribution in [0.25, 0.3) is 10.9 Å². The molecule has 0 spiro atoms. The van der Waals surface area contributed by atoms with E-state index in [0.717, 1.165) is 40.9 Å². The SMILES string of the molecule is O=C(NCC12CC3CC(CC(C3)C1)C2)c1c(Cl)ccc2nc(CCO)ccc12. The summed E-state index contributed by atoms with van der Waals surface area (Å²) in [4.78, 5) is 17.7. The molecule has 28 heavy (non-hydrogen) atoms. The van der Waals surface area contributed by atoms with E-state index in [1.165, 1.54) is 38.5 Å². The van der Waals surface area contributed by atoms with Gasteiger partial charge >= 0.3 is 0 Å². The quantitative estimate of drug-likeness (QED) is 0.786. The summed E-state index contributed by atoms with van der Waals surface area (Å²) in [6.07, 6.45) is 8.54. The molecule has 1 aromatic heterocycles. The first-order chi connectivity index (χ1) is 13.5.